The summed E-state index contributed by atoms with van der Waals surface area (Å²) < 4.78 is 27.7. The Kier molecular flexibility index (Phi) is 5.08. The number of fused-ring (bicyclic) bond motifs is 2. The number of rotatable bonds is 4. The van der Waals surface area contributed by atoms with E-state index in [-0.39, 0.29) is 18.1 Å². The van der Waals surface area contributed by atoms with Gasteiger partial charge in [0.1, 0.15) is 13.2 Å². The molecule has 3 heterocycles. The van der Waals surface area contributed by atoms with Crippen LogP contribution in [-0.2, 0) is 10.2 Å². The Balaban J connectivity index is 1.37. The van der Waals surface area contributed by atoms with E-state index in [1.54, 1.807) is 12.1 Å². The maximum Gasteiger partial charge on any atom is 0.251 e. The molecule has 5 rings (SSSR count). The van der Waals surface area contributed by atoms with Crippen LogP contribution in [0.2, 0.25) is 5.02 Å². The molecule has 8 heteroatoms. The van der Waals surface area contributed by atoms with Gasteiger partial charge in [-0.25, -0.2) is 0 Å². The van der Waals surface area contributed by atoms with Crippen LogP contribution in [-0.4, -0.2) is 45.7 Å². The van der Waals surface area contributed by atoms with Gasteiger partial charge >= 0.3 is 0 Å². The molecule has 0 aliphatic carbocycles. The molecule has 158 valence electrons. The highest BCUT2D eigenvalue weighted by Crippen LogP contribution is 2.41. The van der Waals surface area contributed by atoms with E-state index in [1.165, 1.54) is 0 Å². The van der Waals surface area contributed by atoms with E-state index in [2.05, 4.69) is 5.32 Å². The summed E-state index contributed by atoms with van der Waals surface area (Å²) in [6.45, 7) is 2.86. The van der Waals surface area contributed by atoms with Gasteiger partial charge in [-0.1, -0.05) is 17.7 Å². The van der Waals surface area contributed by atoms with Crippen molar-refractivity contribution in [1.29, 1.82) is 0 Å². The van der Waals surface area contributed by atoms with Crippen LogP contribution in [0.25, 0.3) is 0 Å². The van der Waals surface area contributed by atoms with Crippen molar-refractivity contribution < 1.29 is 28.5 Å². The summed E-state index contributed by atoms with van der Waals surface area (Å²) in [4.78, 5) is 12.9. The molecule has 3 aliphatic heterocycles. The van der Waals surface area contributed by atoms with Crippen molar-refractivity contribution in [3.63, 3.8) is 0 Å². The molecular formula is C22H22ClNO6. The van der Waals surface area contributed by atoms with Gasteiger partial charge in [0.05, 0.1) is 5.02 Å². The quantitative estimate of drug-likeness (QED) is 0.800. The van der Waals surface area contributed by atoms with Crippen molar-refractivity contribution in [2.75, 3.05) is 39.8 Å². The third-order valence-corrected chi connectivity index (χ3v) is 6.16. The Morgan fingerprint density at radius 3 is 2.60 bits per heavy atom. The monoisotopic (exact) mass is 431 g/mol. The molecule has 1 amide bonds. The molecule has 7 nitrogen and oxygen atoms in total. The molecule has 0 saturated carbocycles. The van der Waals surface area contributed by atoms with E-state index in [9.17, 15) is 4.79 Å². The van der Waals surface area contributed by atoms with E-state index in [4.69, 9.17) is 35.3 Å². The molecule has 0 spiro atoms. The molecule has 3 aliphatic rings. The van der Waals surface area contributed by atoms with Gasteiger partial charge in [0, 0.05) is 30.7 Å². The van der Waals surface area contributed by atoms with Crippen molar-refractivity contribution in [3.8, 4) is 23.0 Å². The molecule has 0 radical (unpaired) electrons. The number of carbonyl (C=O) groups is 1. The van der Waals surface area contributed by atoms with Crippen molar-refractivity contribution in [2.24, 2.45) is 0 Å². The predicted molar refractivity (Wildman–Crippen MR) is 109 cm³/mol. The molecule has 1 fully saturated rings. The lowest BCUT2D eigenvalue weighted by molar-refractivity contribution is 0.0486. The van der Waals surface area contributed by atoms with E-state index in [0.29, 0.717) is 55.1 Å². The third-order valence-electron chi connectivity index (χ3n) is 5.88. The fourth-order valence-corrected chi connectivity index (χ4v) is 4.41. The number of ether oxygens (including phenoxy) is 5. The second-order valence-corrected chi connectivity index (χ2v) is 8.03. The minimum Gasteiger partial charge on any atom is -0.486 e. The average molecular weight is 432 g/mol. The molecule has 0 aromatic heterocycles. The van der Waals surface area contributed by atoms with Crippen molar-refractivity contribution in [3.05, 3.63) is 46.5 Å². The minimum atomic E-state index is -0.244. The molecule has 0 bridgehead atoms. The average Bonchev–Trinajstić information content (AvgIpc) is 3.26. The van der Waals surface area contributed by atoms with Gasteiger partial charge in [-0.2, -0.15) is 0 Å². The Morgan fingerprint density at radius 1 is 0.933 bits per heavy atom. The summed E-state index contributed by atoms with van der Waals surface area (Å²) in [6, 6.07) is 9.28. The first kappa shape index (κ1) is 19.3. The Labute approximate surface area is 179 Å². The summed E-state index contributed by atoms with van der Waals surface area (Å²) in [5.41, 5.74) is 1.31. The fourth-order valence-electron chi connectivity index (χ4n) is 4.15. The summed E-state index contributed by atoms with van der Waals surface area (Å²) in [5.74, 6) is 2.26. The maximum atomic E-state index is 12.9. The lowest BCUT2D eigenvalue weighted by Gasteiger charge is -2.38. The van der Waals surface area contributed by atoms with E-state index in [1.807, 2.05) is 18.2 Å². The SMILES string of the molecule is O=C(NCC1(c2ccc3c(c2)OCO3)CCOCC1)c1cc(Cl)c2c(c1)OCCO2. The van der Waals surface area contributed by atoms with Crippen molar-refractivity contribution >= 4 is 17.5 Å². The van der Waals surface area contributed by atoms with Crippen LogP contribution in [0.3, 0.4) is 0 Å². The van der Waals surface area contributed by atoms with E-state index in [0.717, 1.165) is 29.9 Å². The Morgan fingerprint density at radius 2 is 1.73 bits per heavy atom. The van der Waals surface area contributed by atoms with E-state index < -0.39 is 0 Å². The largest absolute Gasteiger partial charge is 0.486 e. The summed E-state index contributed by atoms with van der Waals surface area (Å²) in [6.07, 6.45) is 1.60. The van der Waals surface area contributed by atoms with Crippen LogP contribution < -0.4 is 24.3 Å². The van der Waals surface area contributed by atoms with Gasteiger partial charge in [-0.3, -0.25) is 4.79 Å². The topological polar surface area (TPSA) is 75.3 Å². The molecule has 1 N–H and O–H groups in total. The lowest BCUT2D eigenvalue weighted by atomic mass is 9.74. The van der Waals surface area contributed by atoms with Gasteiger partial charge in [0.25, 0.3) is 5.91 Å². The van der Waals surface area contributed by atoms with Gasteiger partial charge in [-0.05, 0) is 42.7 Å². The number of nitrogens with one attached hydrogen (secondary N) is 1. The summed E-state index contributed by atoms with van der Waals surface area (Å²) in [5, 5.41) is 3.46. The predicted octanol–water partition coefficient (Wildman–Crippen LogP) is 3.32. The highest BCUT2D eigenvalue weighted by Gasteiger charge is 2.36. The van der Waals surface area contributed by atoms with Crippen molar-refractivity contribution in [1.82, 2.24) is 5.32 Å². The molecule has 0 unspecified atom stereocenters. The number of hydrogen-bond acceptors (Lipinski definition) is 6. The summed E-state index contributed by atoms with van der Waals surface area (Å²) in [7, 11) is 0. The number of benzene rings is 2. The zero-order chi connectivity index (χ0) is 20.6. The Bertz CT molecular complexity index is 972. The third kappa shape index (κ3) is 3.52. The van der Waals surface area contributed by atoms with Crippen LogP contribution in [0.15, 0.2) is 30.3 Å². The second kappa shape index (κ2) is 7.89. The Hall–Kier alpha value is -2.64. The van der Waals surface area contributed by atoms with Crippen LogP contribution >= 0.6 is 11.6 Å². The van der Waals surface area contributed by atoms with Crippen molar-refractivity contribution in [2.45, 2.75) is 18.3 Å². The number of amides is 1. The van der Waals surface area contributed by atoms with E-state index >= 15 is 0 Å². The highest BCUT2D eigenvalue weighted by molar-refractivity contribution is 6.32. The minimum absolute atomic E-state index is 0.208. The standard InChI is InChI=1S/C22H22ClNO6/c23-16-9-14(10-19-20(16)28-8-7-27-19)21(25)24-12-22(3-5-26-6-4-22)15-1-2-17-18(11-15)30-13-29-17/h1-2,9-11H,3-8,12-13H2,(H,24,25). The van der Waals surface area contributed by atoms with Gasteiger partial charge < -0.3 is 29.0 Å². The fraction of sp³-hybridized carbons (Fsp3) is 0.409. The molecule has 0 atom stereocenters. The van der Waals surface area contributed by atoms with Crippen LogP contribution in [0.4, 0.5) is 0 Å². The first-order chi connectivity index (χ1) is 14.6. The molecule has 2 aromatic carbocycles. The zero-order valence-electron chi connectivity index (χ0n) is 16.4. The number of hydrogen-bond donors (Lipinski definition) is 1. The summed E-state index contributed by atoms with van der Waals surface area (Å²) >= 11 is 6.29. The number of halogens is 1. The van der Waals surface area contributed by atoms with Crippen LogP contribution in [0.1, 0.15) is 28.8 Å². The smallest absolute Gasteiger partial charge is 0.251 e. The highest BCUT2D eigenvalue weighted by atomic mass is 35.5. The lowest BCUT2D eigenvalue weighted by Crippen LogP contribution is -2.44. The second-order valence-electron chi connectivity index (χ2n) is 7.63. The first-order valence-electron chi connectivity index (χ1n) is 10.00. The van der Waals surface area contributed by atoms with Crippen LogP contribution in [0, 0.1) is 0 Å². The molecule has 1 saturated heterocycles. The number of carbonyl (C=O) groups excluding carboxylic acids is 1. The molecular weight excluding hydrogens is 410 g/mol. The van der Waals surface area contributed by atoms with Gasteiger partial charge in [0.15, 0.2) is 23.0 Å². The van der Waals surface area contributed by atoms with Crippen LogP contribution in [0.5, 0.6) is 23.0 Å². The maximum absolute atomic E-state index is 12.9. The molecule has 2 aromatic rings. The van der Waals surface area contributed by atoms with Gasteiger partial charge in [-0.15, -0.1) is 0 Å². The van der Waals surface area contributed by atoms with Gasteiger partial charge in [0.2, 0.25) is 6.79 Å². The first-order valence-corrected chi connectivity index (χ1v) is 10.4. The normalized spacial score (nSPS) is 18.7. The molecule has 30 heavy (non-hydrogen) atoms. The zero-order valence-corrected chi connectivity index (χ0v) is 17.1.